The third-order valence-electron chi connectivity index (χ3n) is 4.02. The number of nitrogens with zero attached hydrogens (tertiary/aromatic N) is 3. The van der Waals surface area contributed by atoms with Crippen molar-refractivity contribution >= 4 is 51.1 Å². The third kappa shape index (κ3) is 5.63. The zero-order valence-corrected chi connectivity index (χ0v) is 17.4. The van der Waals surface area contributed by atoms with Crippen molar-refractivity contribution in [2.24, 2.45) is 0 Å². The van der Waals surface area contributed by atoms with Crippen molar-refractivity contribution in [3.8, 4) is 0 Å². The molecule has 2 aromatic carbocycles. The van der Waals surface area contributed by atoms with Crippen LogP contribution in [-0.2, 0) is 4.79 Å². The minimum absolute atomic E-state index is 0. The van der Waals surface area contributed by atoms with Crippen LogP contribution in [0.4, 0.5) is 5.13 Å². The van der Waals surface area contributed by atoms with Gasteiger partial charge in [0.15, 0.2) is 5.13 Å². The number of fused-ring (bicyclic) bond motifs is 1. The second kappa shape index (κ2) is 9.65. The molecule has 1 aromatic heterocycles. The van der Waals surface area contributed by atoms with E-state index in [0.717, 1.165) is 27.5 Å². The first-order valence-electron chi connectivity index (χ1n) is 8.59. The first kappa shape index (κ1) is 21.1. The number of amides is 1. The standard InChI is InChI=1S/C21H23N3OS.ClH/c1-16-9-11-18-19(15-16)26-21(22-18)24(14-13-23(2)3)20(25)12-10-17-7-5-4-6-8-17;/h4-12,15H,13-14H2,1-3H3;1H/b12-10+;. The maximum Gasteiger partial charge on any atom is 0.252 e. The molecule has 0 bridgehead atoms. The quantitative estimate of drug-likeness (QED) is 0.565. The Hall–Kier alpha value is -2.21. The number of hydrogen-bond acceptors (Lipinski definition) is 4. The first-order chi connectivity index (χ1) is 12.5. The third-order valence-corrected chi connectivity index (χ3v) is 5.06. The number of aryl methyl sites for hydroxylation is 1. The molecule has 0 N–H and O–H groups in total. The molecule has 0 unspecified atom stereocenters. The summed E-state index contributed by atoms with van der Waals surface area (Å²) in [7, 11) is 4.01. The maximum atomic E-state index is 12.9. The first-order valence-corrected chi connectivity index (χ1v) is 9.41. The lowest BCUT2D eigenvalue weighted by Crippen LogP contribution is -2.35. The molecule has 0 saturated carbocycles. The SMILES string of the molecule is Cc1ccc2nc(N(CCN(C)C)C(=O)/C=C/c3ccccc3)sc2c1.Cl. The summed E-state index contributed by atoms with van der Waals surface area (Å²) < 4.78 is 1.11. The molecule has 0 spiro atoms. The molecular formula is C21H24ClN3OS. The number of rotatable bonds is 6. The Morgan fingerprint density at radius 3 is 2.56 bits per heavy atom. The molecule has 0 radical (unpaired) electrons. The van der Waals surface area contributed by atoms with Crippen molar-refractivity contribution in [3.05, 3.63) is 65.7 Å². The molecule has 142 valence electrons. The molecule has 3 rings (SSSR count). The summed E-state index contributed by atoms with van der Waals surface area (Å²) in [5.41, 5.74) is 3.14. The van der Waals surface area contributed by atoms with Crippen LogP contribution in [0.15, 0.2) is 54.6 Å². The summed E-state index contributed by atoms with van der Waals surface area (Å²) in [4.78, 5) is 21.4. The van der Waals surface area contributed by atoms with Crippen LogP contribution in [-0.4, -0.2) is 43.0 Å². The Morgan fingerprint density at radius 2 is 1.85 bits per heavy atom. The zero-order valence-electron chi connectivity index (χ0n) is 15.8. The second-order valence-corrected chi connectivity index (χ2v) is 7.51. The van der Waals surface area contributed by atoms with Gasteiger partial charge in [-0.25, -0.2) is 4.98 Å². The molecule has 27 heavy (non-hydrogen) atoms. The van der Waals surface area contributed by atoms with Gasteiger partial charge in [0.1, 0.15) is 0 Å². The van der Waals surface area contributed by atoms with Crippen LogP contribution in [0, 0.1) is 6.92 Å². The fraction of sp³-hybridized carbons (Fsp3) is 0.238. The highest BCUT2D eigenvalue weighted by molar-refractivity contribution is 7.22. The number of benzene rings is 2. The van der Waals surface area contributed by atoms with Gasteiger partial charge in [-0.05, 0) is 50.4 Å². The average molecular weight is 402 g/mol. The fourth-order valence-corrected chi connectivity index (χ4v) is 3.65. The fourth-order valence-electron chi connectivity index (χ4n) is 2.56. The van der Waals surface area contributed by atoms with Crippen LogP contribution in [0.25, 0.3) is 16.3 Å². The highest BCUT2D eigenvalue weighted by Crippen LogP contribution is 2.29. The monoisotopic (exact) mass is 401 g/mol. The van der Waals surface area contributed by atoms with E-state index in [4.69, 9.17) is 0 Å². The summed E-state index contributed by atoms with van der Waals surface area (Å²) in [6, 6.07) is 16.0. The Balaban J connectivity index is 0.00000261. The van der Waals surface area contributed by atoms with Gasteiger partial charge in [0.25, 0.3) is 5.91 Å². The van der Waals surface area contributed by atoms with Gasteiger partial charge in [0.05, 0.1) is 10.2 Å². The van der Waals surface area contributed by atoms with E-state index in [-0.39, 0.29) is 18.3 Å². The molecule has 0 atom stereocenters. The van der Waals surface area contributed by atoms with E-state index in [1.807, 2.05) is 62.6 Å². The molecule has 3 aromatic rings. The summed E-state index contributed by atoms with van der Waals surface area (Å²) in [5, 5.41) is 0.746. The van der Waals surface area contributed by atoms with Crippen LogP contribution >= 0.6 is 23.7 Å². The highest BCUT2D eigenvalue weighted by atomic mass is 35.5. The lowest BCUT2D eigenvalue weighted by molar-refractivity contribution is -0.114. The van der Waals surface area contributed by atoms with Gasteiger partial charge >= 0.3 is 0 Å². The Bertz CT molecular complexity index is 922. The number of thiazole rings is 1. The van der Waals surface area contributed by atoms with Crippen molar-refractivity contribution in [1.29, 1.82) is 0 Å². The van der Waals surface area contributed by atoms with E-state index in [9.17, 15) is 4.79 Å². The number of aromatic nitrogens is 1. The molecule has 0 aliphatic carbocycles. The van der Waals surface area contributed by atoms with Crippen LogP contribution in [0.3, 0.4) is 0 Å². The largest absolute Gasteiger partial charge is 0.308 e. The zero-order chi connectivity index (χ0) is 18.5. The van der Waals surface area contributed by atoms with Crippen LogP contribution in [0.5, 0.6) is 0 Å². The van der Waals surface area contributed by atoms with E-state index in [1.54, 1.807) is 22.3 Å². The topological polar surface area (TPSA) is 36.4 Å². The smallest absolute Gasteiger partial charge is 0.252 e. The van der Waals surface area contributed by atoms with Gasteiger partial charge in [0, 0.05) is 19.2 Å². The van der Waals surface area contributed by atoms with Gasteiger partial charge in [-0.15, -0.1) is 12.4 Å². The van der Waals surface area contributed by atoms with E-state index in [1.165, 1.54) is 5.56 Å². The van der Waals surface area contributed by atoms with Crippen molar-refractivity contribution in [3.63, 3.8) is 0 Å². The van der Waals surface area contributed by atoms with Crippen molar-refractivity contribution in [1.82, 2.24) is 9.88 Å². The number of likely N-dealkylation sites (N-methyl/N-ethyl adjacent to an activating group) is 1. The lowest BCUT2D eigenvalue weighted by atomic mass is 10.2. The van der Waals surface area contributed by atoms with E-state index >= 15 is 0 Å². The summed E-state index contributed by atoms with van der Waals surface area (Å²) in [6.45, 7) is 3.44. The molecule has 0 saturated heterocycles. The predicted octanol–water partition coefficient (Wildman–Crippen LogP) is 4.63. The van der Waals surface area contributed by atoms with Crippen molar-refractivity contribution in [2.75, 3.05) is 32.1 Å². The van der Waals surface area contributed by atoms with Crippen molar-refractivity contribution in [2.45, 2.75) is 6.92 Å². The molecular weight excluding hydrogens is 378 g/mol. The Labute approximate surface area is 170 Å². The lowest BCUT2D eigenvalue weighted by Gasteiger charge is -2.20. The summed E-state index contributed by atoms with van der Waals surface area (Å²) in [5.74, 6) is -0.0496. The number of carbonyl (C=O) groups is 1. The Kier molecular flexibility index (Phi) is 7.54. The average Bonchev–Trinajstić information content (AvgIpc) is 3.03. The minimum Gasteiger partial charge on any atom is -0.308 e. The number of hydrogen-bond donors (Lipinski definition) is 0. The molecule has 4 nitrogen and oxygen atoms in total. The van der Waals surface area contributed by atoms with Gasteiger partial charge in [-0.1, -0.05) is 47.7 Å². The summed E-state index contributed by atoms with van der Waals surface area (Å²) >= 11 is 1.56. The molecule has 0 fully saturated rings. The Morgan fingerprint density at radius 1 is 1.11 bits per heavy atom. The van der Waals surface area contributed by atoms with Gasteiger partial charge in [-0.3, -0.25) is 9.69 Å². The van der Waals surface area contributed by atoms with E-state index in [0.29, 0.717) is 6.54 Å². The van der Waals surface area contributed by atoms with Crippen molar-refractivity contribution < 1.29 is 4.79 Å². The highest BCUT2D eigenvalue weighted by Gasteiger charge is 2.18. The summed E-state index contributed by atoms with van der Waals surface area (Å²) in [6.07, 6.45) is 3.48. The second-order valence-electron chi connectivity index (χ2n) is 6.50. The molecule has 6 heteroatoms. The molecule has 0 aliphatic rings. The van der Waals surface area contributed by atoms with Gasteiger partial charge < -0.3 is 4.90 Å². The van der Waals surface area contributed by atoms with E-state index < -0.39 is 0 Å². The van der Waals surface area contributed by atoms with Crippen LogP contribution in [0.1, 0.15) is 11.1 Å². The maximum absolute atomic E-state index is 12.9. The predicted molar refractivity (Wildman–Crippen MR) is 118 cm³/mol. The van der Waals surface area contributed by atoms with E-state index in [2.05, 4.69) is 22.9 Å². The molecule has 0 aliphatic heterocycles. The molecule has 1 amide bonds. The van der Waals surface area contributed by atoms with Gasteiger partial charge in [-0.2, -0.15) is 0 Å². The van der Waals surface area contributed by atoms with Crippen LogP contribution < -0.4 is 4.90 Å². The number of carbonyl (C=O) groups excluding carboxylic acids is 1. The van der Waals surface area contributed by atoms with Crippen LogP contribution in [0.2, 0.25) is 0 Å². The number of anilines is 1. The molecule has 1 heterocycles. The van der Waals surface area contributed by atoms with Gasteiger partial charge in [0.2, 0.25) is 0 Å². The number of halogens is 1. The normalized spacial score (nSPS) is 11.1. The minimum atomic E-state index is -0.0496.